The minimum atomic E-state index is -1.08. The molecule has 162 valence electrons. The number of hydrogen-bond acceptors (Lipinski definition) is 6. The molecule has 2 amide bonds. The normalized spacial score (nSPS) is 23.4. The van der Waals surface area contributed by atoms with Crippen LogP contribution in [0.4, 0.5) is 20.6 Å². The lowest BCUT2D eigenvalue weighted by molar-refractivity contribution is 0.000329. The van der Waals surface area contributed by atoms with E-state index in [1.807, 2.05) is 4.90 Å². The van der Waals surface area contributed by atoms with Crippen molar-refractivity contribution in [2.24, 2.45) is 0 Å². The molecule has 2 saturated heterocycles. The van der Waals surface area contributed by atoms with E-state index >= 15 is 0 Å². The van der Waals surface area contributed by atoms with Crippen molar-refractivity contribution in [2.75, 3.05) is 49.2 Å². The number of fused-ring (bicyclic) bond motifs is 1. The summed E-state index contributed by atoms with van der Waals surface area (Å²) in [5, 5.41) is 10.5. The van der Waals surface area contributed by atoms with Crippen LogP contribution in [0.1, 0.15) is 22.1 Å². The molecule has 0 aliphatic carbocycles. The zero-order valence-corrected chi connectivity index (χ0v) is 16.7. The second kappa shape index (κ2) is 7.82. The largest absolute Gasteiger partial charge is 0.442 e. The number of aliphatic hydroxyl groups is 1. The van der Waals surface area contributed by atoms with Gasteiger partial charge in [-0.25, -0.2) is 9.18 Å². The highest BCUT2D eigenvalue weighted by molar-refractivity contribution is 5.99. The van der Waals surface area contributed by atoms with Crippen LogP contribution in [-0.2, 0) is 9.47 Å². The van der Waals surface area contributed by atoms with E-state index < -0.39 is 24.2 Å². The molecule has 8 nitrogen and oxygen atoms in total. The second-order valence-electron chi connectivity index (χ2n) is 7.77. The van der Waals surface area contributed by atoms with Crippen molar-refractivity contribution in [2.45, 2.75) is 12.3 Å². The van der Waals surface area contributed by atoms with E-state index in [4.69, 9.17) is 9.47 Å². The summed E-state index contributed by atoms with van der Waals surface area (Å²) in [6.07, 6.45) is -2.33. The lowest BCUT2D eigenvalue weighted by atomic mass is 10.1. The van der Waals surface area contributed by atoms with Gasteiger partial charge in [0.2, 0.25) is 0 Å². The number of anilines is 2. The van der Waals surface area contributed by atoms with Crippen LogP contribution in [0, 0.1) is 5.82 Å². The van der Waals surface area contributed by atoms with Crippen LogP contribution in [0.2, 0.25) is 0 Å². The van der Waals surface area contributed by atoms with Gasteiger partial charge in [-0.2, -0.15) is 0 Å². The molecule has 0 saturated carbocycles. The zero-order chi connectivity index (χ0) is 21.5. The van der Waals surface area contributed by atoms with Gasteiger partial charge in [0.1, 0.15) is 11.9 Å². The number of benzene rings is 2. The molecule has 2 aromatic carbocycles. The van der Waals surface area contributed by atoms with Gasteiger partial charge < -0.3 is 24.4 Å². The van der Waals surface area contributed by atoms with Crippen LogP contribution >= 0.6 is 0 Å². The third-order valence-electron chi connectivity index (χ3n) is 5.89. The van der Waals surface area contributed by atoms with E-state index in [1.165, 1.54) is 15.9 Å². The first kappa shape index (κ1) is 19.8. The molecule has 0 bridgehead atoms. The van der Waals surface area contributed by atoms with Crippen molar-refractivity contribution >= 4 is 23.4 Å². The maximum atomic E-state index is 14.7. The molecule has 2 fully saturated rings. The summed E-state index contributed by atoms with van der Waals surface area (Å²) in [4.78, 5) is 29.6. The second-order valence-corrected chi connectivity index (χ2v) is 7.77. The Morgan fingerprint density at radius 1 is 1.10 bits per heavy atom. The summed E-state index contributed by atoms with van der Waals surface area (Å²) in [5.41, 5.74) is 1.84. The number of nitrogens with zero attached hydrogens (tertiary/aromatic N) is 3. The average molecular weight is 427 g/mol. The van der Waals surface area contributed by atoms with Gasteiger partial charge in [0.15, 0.2) is 6.23 Å². The van der Waals surface area contributed by atoms with Gasteiger partial charge in [0.25, 0.3) is 5.91 Å². The quantitative estimate of drug-likeness (QED) is 0.805. The van der Waals surface area contributed by atoms with E-state index in [9.17, 15) is 19.1 Å². The van der Waals surface area contributed by atoms with Gasteiger partial charge in [0, 0.05) is 24.2 Å². The summed E-state index contributed by atoms with van der Waals surface area (Å²) in [6.45, 7) is 2.52. The van der Waals surface area contributed by atoms with Gasteiger partial charge in [-0.3, -0.25) is 9.69 Å². The number of halogens is 1. The number of hydrogen-bond donors (Lipinski definition) is 1. The average Bonchev–Trinajstić information content (AvgIpc) is 3.27. The Bertz CT molecular complexity index is 1030. The number of carbonyl (C=O) groups excluding carboxylic acids is 2. The van der Waals surface area contributed by atoms with Crippen molar-refractivity contribution in [3.8, 4) is 0 Å². The minimum absolute atomic E-state index is 0.0469. The van der Waals surface area contributed by atoms with Crippen LogP contribution in [0.25, 0.3) is 0 Å². The molecule has 1 N–H and O–H groups in total. The fraction of sp³-hybridized carbons (Fsp3) is 0.364. The first-order valence-corrected chi connectivity index (χ1v) is 10.2. The predicted molar refractivity (Wildman–Crippen MR) is 109 cm³/mol. The number of morpholine rings is 1. The molecule has 3 aliphatic heterocycles. The Morgan fingerprint density at radius 2 is 1.87 bits per heavy atom. The molecule has 3 aliphatic rings. The maximum Gasteiger partial charge on any atom is 0.414 e. The van der Waals surface area contributed by atoms with Gasteiger partial charge in [-0.05, 0) is 24.3 Å². The first-order valence-electron chi connectivity index (χ1n) is 10.2. The van der Waals surface area contributed by atoms with Gasteiger partial charge in [-0.15, -0.1) is 0 Å². The molecule has 2 aromatic rings. The summed E-state index contributed by atoms with van der Waals surface area (Å²) in [6, 6.07) is 11.5. The Labute approximate surface area is 178 Å². The van der Waals surface area contributed by atoms with Gasteiger partial charge in [-0.1, -0.05) is 18.2 Å². The Morgan fingerprint density at radius 3 is 2.61 bits per heavy atom. The smallest absolute Gasteiger partial charge is 0.414 e. The predicted octanol–water partition coefficient (Wildman–Crippen LogP) is 2.13. The molecule has 3 heterocycles. The standard InChI is InChI=1S/C22H22FN3O5/c23-18-11-14(5-6-19(18)24-7-9-30-10-8-24)25-12-15(31-22(25)29)13-26-20(27)16-3-1-2-4-17(16)21(26)28/h1-6,11,15,20,27H,7-10,12-13H2/t15-,20?/m1/s1. The highest BCUT2D eigenvalue weighted by Gasteiger charge is 2.40. The number of ether oxygens (including phenoxy) is 2. The minimum Gasteiger partial charge on any atom is -0.442 e. The van der Waals surface area contributed by atoms with Crippen molar-refractivity contribution < 1.29 is 28.6 Å². The highest BCUT2D eigenvalue weighted by Crippen LogP contribution is 2.33. The molecule has 5 rings (SSSR count). The monoisotopic (exact) mass is 427 g/mol. The van der Waals surface area contributed by atoms with E-state index in [0.29, 0.717) is 48.8 Å². The van der Waals surface area contributed by atoms with Crippen molar-refractivity contribution in [1.82, 2.24) is 4.90 Å². The number of amides is 2. The Balaban J connectivity index is 1.28. The molecular weight excluding hydrogens is 405 g/mol. The third kappa shape index (κ3) is 3.49. The lowest BCUT2D eigenvalue weighted by Crippen LogP contribution is -2.37. The fourth-order valence-electron chi connectivity index (χ4n) is 4.30. The molecule has 0 aromatic heterocycles. The van der Waals surface area contributed by atoms with Crippen molar-refractivity contribution in [3.63, 3.8) is 0 Å². The lowest BCUT2D eigenvalue weighted by Gasteiger charge is -2.29. The third-order valence-corrected chi connectivity index (χ3v) is 5.89. The van der Waals surface area contributed by atoms with Crippen molar-refractivity contribution in [3.05, 3.63) is 59.4 Å². The van der Waals surface area contributed by atoms with Crippen LogP contribution in [0.5, 0.6) is 0 Å². The molecule has 9 heteroatoms. The van der Waals surface area contributed by atoms with Crippen molar-refractivity contribution in [1.29, 1.82) is 0 Å². The summed E-state index contributed by atoms with van der Waals surface area (Å²) >= 11 is 0. The van der Waals surface area contributed by atoms with Gasteiger partial charge >= 0.3 is 6.09 Å². The van der Waals surface area contributed by atoms with Gasteiger partial charge in [0.05, 0.1) is 37.7 Å². The SMILES string of the molecule is O=C1O[C@@H](CN2C(=O)c3ccccc3C2O)CN1c1ccc(N2CCOCC2)c(F)c1. The summed E-state index contributed by atoms with van der Waals surface area (Å²) in [7, 11) is 0. The molecule has 1 unspecified atom stereocenters. The highest BCUT2D eigenvalue weighted by atomic mass is 19.1. The summed E-state index contributed by atoms with van der Waals surface area (Å²) < 4.78 is 25.5. The van der Waals surface area contributed by atoms with Crippen LogP contribution in [-0.4, -0.2) is 67.5 Å². The van der Waals surface area contributed by atoms with Crippen LogP contribution < -0.4 is 9.80 Å². The fourth-order valence-corrected chi connectivity index (χ4v) is 4.30. The molecule has 31 heavy (non-hydrogen) atoms. The maximum absolute atomic E-state index is 14.7. The number of cyclic esters (lactones) is 1. The number of aliphatic hydroxyl groups excluding tert-OH is 1. The number of rotatable bonds is 4. The molecule has 0 radical (unpaired) electrons. The number of carbonyl (C=O) groups is 2. The Kier molecular flexibility index (Phi) is 4.99. The molecule has 2 atom stereocenters. The summed E-state index contributed by atoms with van der Waals surface area (Å²) in [5.74, 6) is -0.727. The van der Waals surface area contributed by atoms with E-state index in [0.717, 1.165) is 0 Å². The topological polar surface area (TPSA) is 82.5 Å². The van der Waals surface area contributed by atoms with E-state index in [-0.39, 0.29) is 19.0 Å². The van der Waals surface area contributed by atoms with E-state index in [2.05, 4.69) is 0 Å². The Hall–Kier alpha value is -3.17. The molecular formula is C22H22FN3O5. The van der Waals surface area contributed by atoms with E-state index in [1.54, 1.807) is 36.4 Å². The van der Waals surface area contributed by atoms with Crippen LogP contribution in [0.15, 0.2) is 42.5 Å². The zero-order valence-electron chi connectivity index (χ0n) is 16.7. The molecule has 0 spiro atoms. The van der Waals surface area contributed by atoms with Crippen LogP contribution in [0.3, 0.4) is 0 Å². The first-order chi connectivity index (χ1) is 15.0.